The highest BCUT2D eigenvalue weighted by atomic mass is 14.9. The number of nitrogens with one attached hydrogen (secondary N) is 2. The second-order valence-corrected chi connectivity index (χ2v) is 4.35. The molecule has 0 aromatic heterocycles. The molecule has 2 heteroatoms. The van der Waals surface area contributed by atoms with E-state index in [1.54, 1.807) is 0 Å². The van der Waals surface area contributed by atoms with Crippen LogP contribution in [0.4, 0.5) is 0 Å². The molecule has 2 rings (SSSR count). The van der Waals surface area contributed by atoms with Crippen LogP contribution in [-0.2, 0) is 0 Å². The summed E-state index contributed by atoms with van der Waals surface area (Å²) in [6.45, 7) is 5.00. The van der Waals surface area contributed by atoms with Crippen LogP contribution in [0.1, 0.15) is 32.1 Å². The zero-order valence-corrected chi connectivity index (χ0v) is 7.86. The highest BCUT2D eigenvalue weighted by Gasteiger charge is 2.31. The van der Waals surface area contributed by atoms with Crippen molar-refractivity contribution in [3.63, 3.8) is 0 Å². The molecule has 0 atom stereocenters. The monoisotopic (exact) mass is 168 g/mol. The Morgan fingerprint density at radius 3 is 1.92 bits per heavy atom. The first-order valence-electron chi connectivity index (χ1n) is 5.33. The summed E-state index contributed by atoms with van der Waals surface area (Å²) >= 11 is 0. The lowest BCUT2D eigenvalue weighted by atomic mass is 9.73. The summed E-state index contributed by atoms with van der Waals surface area (Å²) in [5.74, 6) is 0. The Hall–Kier alpha value is -0.0800. The largest absolute Gasteiger partial charge is 0.317 e. The first kappa shape index (κ1) is 8.52. The third-order valence-corrected chi connectivity index (χ3v) is 3.56. The summed E-state index contributed by atoms with van der Waals surface area (Å²) in [6, 6.07) is 0. The number of hydrogen-bond acceptors (Lipinski definition) is 2. The van der Waals surface area contributed by atoms with E-state index in [1.807, 2.05) is 0 Å². The number of rotatable bonds is 0. The Kier molecular flexibility index (Phi) is 2.66. The molecule has 0 aliphatic carbocycles. The Morgan fingerprint density at radius 1 is 0.667 bits per heavy atom. The summed E-state index contributed by atoms with van der Waals surface area (Å²) in [5, 5.41) is 6.95. The van der Waals surface area contributed by atoms with E-state index in [2.05, 4.69) is 10.6 Å². The Bertz CT molecular complexity index is 129. The van der Waals surface area contributed by atoms with Gasteiger partial charge in [0.2, 0.25) is 0 Å². The molecule has 70 valence electrons. The summed E-state index contributed by atoms with van der Waals surface area (Å²) < 4.78 is 0. The third-order valence-electron chi connectivity index (χ3n) is 3.56. The highest BCUT2D eigenvalue weighted by Crippen LogP contribution is 2.37. The quantitative estimate of drug-likeness (QED) is 0.566. The van der Waals surface area contributed by atoms with Crippen molar-refractivity contribution < 1.29 is 0 Å². The van der Waals surface area contributed by atoms with Gasteiger partial charge in [0.05, 0.1) is 0 Å². The molecular weight excluding hydrogens is 148 g/mol. The summed E-state index contributed by atoms with van der Waals surface area (Å²) in [4.78, 5) is 0. The number of hydrogen-bond donors (Lipinski definition) is 2. The maximum Gasteiger partial charge on any atom is -0.00436 e. The van der Waals surface area contributed by atoms with Gasteiger partial charge in [-0.15, -0.1) is 0 Å². The molecule has 2 saturated heterocycles. The fourth-order valence-corrected chi connectivity index (χ4v) is 2.65. The maximum atomic E-state index is 3.50. The molecule has 2 fully saturated rings. The zero-order chi connectivity index (χ0) is 8.28. The van der Waals surface area contributed by atoms with Crippen LogP contribution in [0.5, 0.6) is 0 Å². The Balaban J connectivity index is 1.95. The smallest absolute Gasteiger partial charge is 0.00436 e. The summed E-state index contributed by atoms with van der Waals surface area (Å²) in [7, 11) is 0. The van der Waals surface area contributed by atoms with Crippen molar-refractivity contribution in [3.8, 4) is 0 Å². The summed E-state index contributed by atoms with van der Waals surface area (Å²) in [6.07, 6.45) is 7.08. The van der Waals surface area contributed by atoms with E-state index in [4.69, 9.17) is 0 Å². The molecule has 0 amide bonds. The van der Waals surface area contributed by atoms with Crippen molar-refractivity contribution in [2.24, 2.45) is 5.41 Å². The lowest BCUT2D eigenvalue weighted by molar-refractivity contribution is 0.177. The molecule has 0 saturated carbocycles. The van der Waals surface area contributed by atoms with Crippen LogP contribution in [-0.4, -0.2) is 26.2 Å². The van der Waals surface area contributed by atoms with E-state index in [-0.39, 0.29) is 0 Å². The van der Waals surface area contributed by atoms with Crippen molar-refractivity contribution in [2.75, 3.05) is 26.2 Å². The fourth-order valence-electron chi connectivity index (χ4n) is 2.65. The minimum absolute atomic E-state index is 0.717. The minimum atomic E-state index is 0.717. The van der Waals surface area contributed by atoms with E-state index in [0.29, 0.717) is 0 Å². The molecule has 1 spiro atoms. The van der Waals surface area contributed by atoms with Crippen LogP contribution in [0.2, 0.25) is 0 Å². The number of piperidine rings is 1. The van der Waals surface area contributed by atoms with Gasteiger partial charge in [-0.3, -0.25) is 0 Å². The zero-order valence-electron chi connectivity index (χ0n) is 7.86. The molecule has 0 radical (unpaired) electrons. The van der Waals surface area contributed by atoms with Crippen molar-refractivity contribution >= 4 is 0 Å². The lowest BCUT2D eigenvalue weighted by Crippen LogP contribution is -2.37. The van der Waals surface area contributed by atoms with Crippen molar-refractivity contribution in [3.05, 3.63) is 0 Å². The molecule has 2 aliphatic rings. The Labute approximate surface area is 75.1 Å². The normalized spacial score (nSPS) is 30.0. The van der Waals surface area contributed by atoms with Crippen molar-refractivity contribution in [1.29, 1.82) is 0 Å². The van der Waals surface area contributed by atoms with Gasteiger partial charge in [0.25, 0.3) is 0 Å². The molecule has 0 aromatic rings. The van der Waals surface area contributed by atoms with Crippen LogP contribution < -0.4 is 10.6 Å². The van der Waals surface area contributed by atoms with Crippen LogP contribution >= 0.6 is 0 Å². The molecule has 0 unspecified atom stereocenters. The van der Waals surface area contributed by atoms with Crippen LogP contribution in [0.25, 0.3) is 0 Å². The van der Waals surface area contributed by atoms with Crippen LogP contribution in [0, 0.1) is 5.41 Å². The molecule has 2 N–H and O–H groups in total. The molecular formula is C10H20N2. The third kappa shape index (κ3) is 1.80. The van der Waals surface area contributed by atoms with Crippen LogP contribution in [0.15, 0.2) is 0 Å². The lowest BCUT2D eigenvalue weighted by Gasteiger charge is -2.36. The first-order valence-corrected chi connectivity index (χ1v) is 5.33. The summed E-state index contributed by atoms with van der Waals surface area (Å²) in [5.41, 5.74) is 0.717. The Morgan fingerprint density at radius 2 is 1.25 bits per heavy atom. The van der Waals surface area contributed by atoms with Gasteiger partial charge in [0.15, 0.2) is 0 Å². The second kappa shape index (κ2) is 3.75. The topological polar surface area (TPSA) is 24.1 Å². The van der Waals surface area contributed by atoms with E-state index in [1.165, 1.54) is 58.3 Å². The average Bonchev–Trinajstić information content (AvgIpc) is 2.33. The highest BCUT2D eigenvalue weighted by molar-refractivity contribution is 4.86. The predicted octanol–water partition coefficient (Wildman–Crippen LogP) is 1.13. The van der Waals surface area contributed by atoms with Gasteiger partial charge in [-0.25, -0.2) is 0 Å². The van der Waals surface area contributed by atoms with E-state index in [0.717, 1.165) is 5.41 Å². The van der Waals surface area contributed by atoms with E-state index >= 15 is 0 Å². The maximum absolute atomic E-state index is 3.50. The van der Waals surface area contributed by atoms with Gasteiger partial charge in [-0.05, 0) is 63.7 Å². The molecule has 2 heterocycles. The average molecular weight is 168 g/mol. The van der Waals surface area contributed by atoms with Gasteiger partial charge in [-0.1, -0.05) is 0 Å². The molecule has 2 nitrogen and oxygen atoms in total. The van der Waals surface area contributed by atoms with Gasteiger partial charge in [-0.2, -0.15) is 0 Å². The molecule has 2 aliphatic heterocycles. The standard InChI is InChI=1S/C10H20N2/c1-2-10(3-7-11-6-1)4-8-12-9-5-10/h11-12H,1-9H2. The predicted molar refractivity (Wildman–Crippen MR) is 51.3 cm³/mol. The van der Waals surface area contributed by atoms with Crippen molar-refractivity contribution in [1.82, 2.24) is 10.6 Å². The fraction of sp³-hybridized carbons (Fsp3) is 1.00. The molecule has 12 heavy (non-hydrogen) atoms. The molecule has 0 bridgehead atoms. The molecule has 0 aromatic carbocycles. The second-order valence-electron chi connectivity index (χ2n) is 4.35. The SMILES string of the molecule is C1CNCCC2(C1)CCNCC2. The van der Waals surface area contributed by atoms with Gasteiger partial charge >= 0.3 is 0 Å². The van der Waals surface area contributed by atoms with Gasteiger partial charge in [0, 0.05) is 0 Å². The minimum Gasteiger partial charge on any atom is -0.317 e. The van der Waals surface area contributed by atoms with E-state index < -0.39 is 0 Å². The van der Waals surface area contributed by atoms with Gasteiger partial charge < -0.3 is 10.6 Å². The van der Waals surface area contributed by atoms with Crippen LogP contribution in [0.3, 0.4) is 0 Å². The first-order chi connectivity index (χ1) is 5.91. The van der Waals surface area contributed by atoms with Crippen molar-refractivity contribution in [2.45, 2.75) is 32.1 Å². The van der Waals surface area contributed by atoms with E-state index in [9.17, 15) is 0 Å². The van der Waals surface area contributed by atoms with Gasteiger partial charge in [0.1, 0.15) is 0 Å².